The van der Waals surface area contributed by atoms with E-state index >= 15 is 0 Å². The van der Waals surface area contributed by atoms with Crippen LogP contribution in [0.15, 0.2) is 47.6 Å². The van der Waals surface area contributed by atoms with Crippen molar-refractivity contribution in [1.82, 2.24) is 14.5 Å². The molecule has 0 bridgehead atoms. The van der Waals surface area contributed by atoms with Crippen LogP contribution in [0.5, 0.6) is 0 Å². The molecule has 0 aliphatic carbocycles. The van der Waals surface area contributed by atoms with E-state index in [4.69, 9.17) is 0 Å². The number of Topliss-reactive ketones (excluding diaryl/α,β-unsaturated/α-hetero) is 1. The van der Waals surface area contributed by atoms with Gasteiger partial charge in [-0.2, -0.15) is 5.26 Å². The summed E-state index contributed by atoms with van der Waals surface area (Å²) in [5.74, 6) is -0.244. The fourth-order valence-corrected chi connectivity index (χ4v) is 2.14. The van der Waals surface area contributed by atoms with Crippen LogP contribution in [0.1, 0.15) is 17.7 Å². The van der Waals surface area contributed by atoms with Crippen LogP contribution in [-0.4, -0.2) is 26.0 Å². The van der Waals surface area contributed by atoms with Gasteiger partial charge in [0, 0.05) is 31.2 Å². The fraction of sp³-hybridized carbons (Fsp3) is 0.133. The van der Waals surface area contributed by atoms with Crippen molar-refractivity contribution in [2.45, 2.75) is 6.42 Å². The van der Waals surface area contributed by atoms with Crippen LogP contribution in [0, 0.1) is 11.3 Å². The third-order valence-electron chi connectivity index (χ3n) is 3.14. The SMILES string of the molecule is Cn1cnc(C2=C(C#N)C(=O)CC(c3cccnc3)=N2)c1. The molecule has 6 nitrogen and oxygen atoms in total. The largest absolute Gasteiger partial charge is 0.340 e. The zero-order valence-corrected chi connectivity index (χ0v) is 11.3. The highest BCUT2D eigenvalue weighted by Crippen LogP contribution is 2.26. The number of pyridine rings is 1. The molecule has 3 heterocycles. The van der Waals surface area contributed by atoms with Crippen LogP contribution >= 0.6 is 0 Å². The van der Waals surface area contributed by atoms with Gasteiger partial charge >= 0.3 is 0 Å². The van der Waals surface area contributed by atoms with E-state index in [0.717, 1.165) is 5.56 Å². The summed E-state index contributed by atoms with van der Waals surface area (Å²) in [6.07, 6.45) is 6.75. The van der Waals surface area contributed by atoms with Crippen molar-refractivity contribution in [3.05, 3.63) is 53.9 Å². The maximum Gasteiger partial charge on any atom is 0.181 e. The third-order valence-corrected chi connectivity index (χ3v) is 3.14. The number of nitriles is 1. The molecular weight excluding hydrogens is 266 g/mol. The average molecular weight is 277 g/mol. The summed E-state index contributed by atoms with van der Waals surface area (Å²) in [5, 5.41) is 9.21. The van der Waals surface area contributed by atoms with Crippen molar-refractivity contribution < 1.29 is 4.79 Å². The first kappa shape index (κ1) is 12.9. The Morgan fingerprint density at radius 3 is 2.90 bits per heavy atom. The van der Waals surface area contributed by atoms with E-state index in [2.05, 4.69) is 15.0 Å². The quantitative estimate of drug-likeness (QED) is 0.833. The standard InChI is InChI=1S/C15H11N5O/c1-20-8-13(18-9-20)15-11(6-16)14(21)5-12(19-15)10-3-2-4-17-7-10/h2-4,7-9H,5H2,1H3. The Balaban J connectivity index is 2.15. The summed E-state index contributed by atoms with van der Waals surface area (Å²) >= 11 is 0. The number of nitrogens with zero attached hydrogens (tertiary/aromatic N) is 5. The molecule has 0 atom stereocenters. The highest BCUT2D eigenvalue weighted by Gasteiger charge is 2.25. The molecule has 6 heteroatoms. The van der Waals surface area contributed by atoms with E-state index in [1.54, 1.807) is 35.6 Å². The van der Waals surface area contributed by atoms with Crippen LogP contribution in [0.3, 0.4) is 0 Å². The van der Waals surface area contributed by atoms with Crippen molar-refractivity contribution >= 4 is 17.2 Å². The molecule has 2 aromatic rings. The number of aryl methyl sites for hydroxylation is 1. The van der Waals surface area contributed by atoms with Crippen molar-refractivity contribution in [2.24, 2.45) is 12.0 Å². The number of carbonyl (C=O) groups is 1. The van der Waals surface area contributed by atoms with E-state index in [0.29, 0.717) is 17.1 Å². The smallest absolute Gasteiger partial charge is 0.181 e. The Morgan fingerprint density at radius 1 is 1.43 bits per heavy atom. The molecule has 2 aromatic heterocycles. The van der Waals surface area contributed by atoms with E-state index in [1.807, 2.05) is 19.2 Å². The molecule has 0 spiro atoms. The van der Waals surface area contributed by atoms with Crippen molar-refractivity contribution in [3.63, 3.8) is 0 Å². The number of hydrogen-bond acceptors (Lipinski definition) is 5. The van der Waals surface area contributed by atoms with Gasteiger partial charge in [-0.15, -0.1) is 0 Å². The molecule has 102 valence electrons. The lowest BCUT2D eigenvalue weighted by Crippen LogP contribution is -2.17. The summed E-state index contributed by atoms with van der Waals surface area (Å²) in [6.45, 7) is 0. The minimum atomic E-state index is -0.244. The maximum atomic E-state index is 12.2. The topological polar surface area (TPSA) is 83.9 Å². The zero-order valence-electron chi connectivity index (χ0n) is 11.3. The summed E-state index contributed by atoms with van der Waals surface area (Å²) < 4.78 is 1.75. The number of aromatic nitrogens is 3. The monoisotopic (exact) mass is 277 g/mol. The number of rotatable bonds is 2. The van der Waals surface area contributed by atoms with Gasteiger partial charge in [-0.1, -0.05) is 6.07 Å². The van der Waals surface area contributed by atoms with Gasteiger partial charge in [0.25, 0.3) is 0 Å². The number of aliphatic imine (C=N–C) groups is 1. The van der Waals surface area contributed by atoms with Crippen LogP contribution in [0.25, 0.3) is 5.70 Å². The normalized spacial score (nSPS) is 14.9. The van der Waals surface area contributed by atoms with Crippen LogP contribution < -0.4 is 0 Å². The summed E-state index contributed by atoms with van der Waals surface area (Å²) in [5.41, 5.74) is 2.28. The second-order valence-corrected chi connectivity index (χ2v) is 4.66. The third kappa shape index (κ3) is 2.37. The van der Waals surface area contributed by atoms with E-state index in [-0.39, 0.29) is 17.8 Å². The maximum absolute atomic E-state index is 12.2. The summed E-state index contributed by atoms with van der Waals surface area (Å²) in [4.78, 5) is 24.9. The Hall–Kier alpha value is -3.07. The van der Waals surface area contributed by atoms with Gasteiger partial charge in [0.1, 0.15) is 23.0 Å². The minimum absolute atomic E-state index is 0.0568. The summed E-state index contributed by atoms with van der Waals surface area (Å²) in [6, 6.07) is 5.57. The highest BCUT2D eigenvalue weighted by atomic mass is 16.1. The molecule has 21 heavy (non-hydrogen) atoms. The second kappa shape index (κ2) is 5.13. The number of ketones is 1. The molecule has 0 radical (unpaired) electrons. The average Bonchev–Trinajstić information content (AvgIpc) is 2.94. The van der Waals surface area contributed by atoms with Gasteiger partial charge in [0.2, 0.25) is 0 Å². The Labute approximate surface area is 121 Å². The lowest BCUT2D eigenvalue weighted by atomic mass is 9.97. The molecular formula is C15H11N5O. The predicted molar refractivity (Wildman–Crippen MR) is 76.1 cm³/mol. The molecule has 1 aliphatic rings. The highest BCUT2D eigenvalue weighted by molar-refractivity contribution is 6.23. The minimum Gasteiger partial charge on any atom is -0.340 e. The van der Waals surface area contributed by atoms with Gasteiger partial charge in [-0.25, -0.2) is 9.98 Å². The number of imidazole rings is 1. The molecule has 0 saturated heterocycles. The van der Waals surface area contributed by atoms with Crippen molar-refractivity contribution in [1.29, 1.82) is 5.26 Å². The Kier molecular flexibility index (Phi) is 3.16. The molecule has 0 saturated carbocycles. The van der Waals surface area contributed by atoms with Crippen molar-refractivity contribution in [3.8, 4) is 6.07 Å². The number of hydrogen-bond donors (Lipinski definition) is 0. The molecule has 0 N–H and O–H groups in total. The zero-order chi connectivity index (χ0) is 14.8. The number of allylic oxidation sites excluding steroid dienone is 1. The fourth-order valence-electron chi connectivity index (χ4n) is 2.14. The molecule has 1 aliphatic heterocycles. The van der Waals surface area contributed by atoms with Crippen molar-refractivity contribution in [2.75, 3.05) is 0 Å². The molecule has 3 rings (SSSR count). The van der Waals surface area contributed by atoms with Gasteiger partial charge in [-0.05, 0) is 6.07 Å². The lowest BCUT2D eigenvalue weighted by Gasteiger charge is -2.13. The van der Waals surface area contributed by atoms with E-state index in [1.165, 1.54) is 0 Å². The molecule has 0 unspecified atom stereocenters. The molecule has 0 aromatic carbocycles. The van der Waals surface area contributed by atoms with Gasteiger partial charge in [0.05, 0.1) is 18.5 Å². The first-order chi connectivity index (χ1) is 10.2. The molecule has 0 fully saturated rings. The Morgan fingerprint density at radius 2 is 2.29 bits per heavy atom. The molecule has 0 amide bonds. The van der Waals surface area contributed by atoms with E-state index in [9.17, 15) is 10.1 Å². The predicted octanol–water partition coefficient (Wildman–Crippen LogP) is 1.51. The van der Waals surface area contributed by atoms with Gasteiger partial charge in [0.15, 0.2) is 5.78 Å². The van der Waals surface area contributed by atoms with E-state index < -0.39 is 0 Å². The summed E-state index contributed by atoms with van der Waals surface area (Å²) in [7, 11) is 1.82. The van der Waals surface area contributed by atoms with Crippen LogP contribution in [0.2, 0.25) is 0 Å². The first-order valence-electron chi connectivity index (χ1n) is 6.33. The van der Waals surface area contributed by atoms with Gasteiger partial charge in [-0.3, -0.25) is 9.78 Å². The number of carbonyl (C=O) groups excluding carboxylic acids is 1. The lowest BCUT2D eigenvalue weighted by molar-refractivity contribution is -0.114. The van der Waals surface area contributed by atoms with Crippen LogP contribution in [0.4, 0.5) is 0 Å². The van der Waals surface area contributed by atoms with Gasteiger partial charge < -0.3 is 4.57 Å². The second-order valence-electron chi connectivity index (χ2n) is 4.66. The Bertz CT molecular complexity index is 808. The van der Waals surface area contributed by atoms with Crippen LogP contribution in [-0.2, 0) is 11.8 Å². The first-order valence-corrected chi connectivity index (χ1v) is 6.33.